The van der Waals surface area contributed by atoms with Crippen molar-refractivity contribution in [2.75, 3.05) is 23.7 Å². The number of fused-ring (bicyclic) bond motifs is 1. The Morgan fingerprint density at radius 1 is 1.14 bits per heavy atom. The van der Waals surface area contributed by atoms with Crippen LogP contribution in [0.5, 0.6) is 0 Å². The van der Waals surface area contributed by atoms with Gasteiger partial charge >= 0.3 is 6.03 Å². The van der Waals surface area contributed by atoms with E-state index in [2.05, 4.69) is 20.9 Å². The van der Waals surface area contributed by atoms with Crippen LogP contribution in [0.25, 0.3) is 10.9 Å². The van der Waals surface area contributed by atoms with Gasteiger partial charge in [-0.1, -0.05) is 29.8 Å². The van der Waals surface area contributed by atoms with Gasteiger partial charge in [0.05, 0.1) is 5.52 Å². The number of urea groups is 1. The highest BCUT2D eigenvalue weighted by atomic mass is 35.5. The highest BCUT2D eigenvalue weighted by molar-refractivity contribution is 6.31. The number of nitrogens with one attached hydrogen (secondary N) is 3. The summed E-state index contributed by atoms with van der Waals surface area (Å²) < 4.78 is 0. The van der Waals surface area contributed by atoms with Gasteiger partial charge in [-0.15, -0.1) is 0 Å². The van der Waals surface area contributed by atoms with Gasteiger partial charge in [0.2, 0.25) is 0 Å². The molecule has 1 aliphatic rings. The number of anilines is 2. The molecule has 2 aromatic carbocycles. The summed E-state index contributed by atoms with van der Waals surface area (Å²) in [6.45, 7) is 2.98. The normalized spacial score (nSPS) is 13.4. The molecule has 3 aromatic rings. The lowest BCUT2D eigenvalue weighted by molar-refractivity contribution is 0.252. The minimum atomic E-state index is -0.228. The fourth-order valence-corrected chi connectivity index (χ4v) is 3.18. The number of halogens is 1. The van der Waals surface area contributed by atoms with Crippen molar-refractivity contribution >= 4 is 40.0 Å². The van der Waals surface area contributed by atoms with Gasteiger partial charge in [0.25, 0.3) is 0 Å². The van der Waals surface area contributed by atoms with Crippen molar-refractivity contribution in [2.45, 2.75) is 25.7 Å². The van der Waals surface area contributed by atoms with Gasteiger partial charge in [-0.25, -0.2) is 14.8 Å². The number of benzene rings is 2. The average molecular weight is 396 g/mol. The van der Waals surface area contributed by atoms with Crippen LogP contribution in [0, 0.1) is 6.92 Å². The summed E-state index contributed by atoms with van der Waals surface area (Å²) in [5.41, 5.74) is 2.67. The maximum absolute atomic E-state index is 12.1. The van der Waals surface area contributed by atoms with Gasteiger partial charge in [0.15, 0.2) is 0 Å². The fraction of sp³-hybridized carbons (Fsp3) is 0.286. The molecule has 0 unspecified atom stereocenters. The third-order valence-corrected chi connectivity index (χ3v) is 4.95. The maximum Gasteiger partial charge on any atom is 0.319 e. The molecule has 0 spiro atoms. The molecule has 7 heteroatoms. The Morgan fingerprint density at radius 3 is 2.75 bits per heavy atom. The van der Waals surface area contributed by atoms with E-state index >= 15 is 0 Å². The van der Waals surface area contributed by atoms with Crippen LogP contribution in [0.15, 0.2) is 42.5 Å². The van der Waals surface area contributed by atoms with Crippen molar-refractivity contribution in [2.24, 2.45) is 0 Å². The van der Waals surface area contributed by atoms with Gasteiger partial charge in [0.1, 0.15) is 11.6 Å². The Balaban J connectivity index is 1.37. The summed E-state index contributed by atoms with van der Waals surface area (Å²) in [5, 5.41) is 10.6. The van der Waals surface area contributed by atoms with E-state index in [4.69, 9.17) is 16.6 Å². The van der Waals surface area contributed by atoms with E-state index in [1.807, 2.05) is 49.4 Å². The van der Waals surface area contributed by atoms with Crippen LogP contribution >= 0.6 is 11.6 Å². The number of hydrogen-bond donors (Lipinski definition) is 3. The predicted molar refractivity (Wildman–Crippen MR) is 113 cm³/mol. The summed E-state index contributed by atoms with van der Waals surface area (Å²) in [6, 6.07) is 13.1. The SMILES string of the molecule is Cc1ccccc1NC(=O)NCCNc1nc(C2CC2)nc2cc(Cl)ccc12. The quantitative estimate of drug-likeness (QED) is 0.528. The lowest BCUT2D eigenvalue weighted by atomic mass is 10.2. The number of para-hydroxylation sites is 1. The molecule has 0 aliphatic heterocycles. The first-order valence-electron chi connectivity index (χ1n) is 9.42. The summed E-state index contributed by atoms with van der Waals surface area (Å²) in [7, 11) is 0. The molecule has 0 saturated heterocycles. The summed E-state index contributed by atoms with van der Waals surface area (Å²) in [5.74, 6) is 2.09. The summed E-state index contributed by atoms with van der Waals surface area (Å²) in [6.07, 6.45) is 2.26. The van der Waals surface area contributed by atoms with Gasteiger partial charge < -0.3 is 16.0 Å². The molecule has 0 atom stereocenters. The molecular formula is C21H22ClN5O. The number of aromatic nitrogens is 2. The molecule has 0 radical (unpaired) electrons. The monoisotopic (exact) mass is 395 g/mol. The third-order valence-electron chi connectivity index (χ3n) is 4.72. The Bertz CT molecular complexity index is 1020. The van der Waals surface area contributed by atoms with Crippen LogP contribution in [0.1, 0.15) is 30.1 Å². The zero-order chi connectivity index (χ0) is 19.5. The van der Waals surface area contributed by atoms with E-state index in [1.165, 1.54) is 0 Å². The van der Waals surface area contributed by atoms with Crippen LogP contribution < -0.4 is 16.0 Å². The molecule has 0 bridgehead atoms. The average Bonchev–Trinajstić information content (AvgIpc) is 3.52. The van der Waals surface area contributed by atoms with Crippen LogP contribution in [0.3, 0.4) is 0 Å². The first kappa shape index (κ1) is 18.5. The van der Waals surface area contributed by atoms with Crippen molar-refractivity contribution in [3.05, 3.63) is 58.9 Å². The lowest BCUT2D eigenvalue weighted by Gasteiger charge is -2.12. The summed E-state index contributed by atoms with van der Waals surface area (Å²) in [4.78, 5) is 21.4. The number of nitrogens with zero attached hydrogens (tertiary/aromatic N) is 2. The zero-order valence-electron chi connectivity index (χ0n) is 15.6. The van der Waals surface area contributed by atoms with E-state index in [1.54, 1.807) is 0 Å². The number of carbonyl (C=O) groups excluding carboxylic acids is 1. The Morgan fingerprint density at radius 2 is 1.96 bits per heavy atom. The first-order valence-corrected chi connectivity index (χ1v) is 9.79. The van der Waals surface area contributed by atoms with Crippen molar-refractivity contribution < 1.29 is 4.79 Å². The Labute approximate surface area is 168 Å². The van der Waals surface area contributed by atoms with Crippen molar-refractivity contribution in [1.29, 1.82) is 0 Å². The second kappa shape index (κ2) is 8.02. The Kier molecular flexibility index (Phi) is 5.30. The predicted octanol–water partition coefficient (Wildman–Crippen LogP) is 4.70. The second-order valence-corrected chi connectivity index (χ2v) is 7.43. The molecule has 4 rings (SSSR count). The minimum absolute atomic E-state index is 0.228. The van der Waals surface area contributed by atoms with Crippen molar-refractivity contribution in [1.82, 2.24) is 15.3 Å². The van der Waals surface area contributed by atoms with Crippen molar-refractivity contribution in [3.63, 3.8) is 0 Å². The van der Waals surface area contributed by atoms with E-state index in [0.29, 0.717) is 24.0 Å². The molecule has 1 fully saturated rings. The standard InChI is InChI=1S/C21H22ClN5O/c1-13-4-2-3-5-17(13)26-21(28)24-11-10-23-20-16-9-8-15(22)12-18(16)25-19(27-20)14-6-7-14/h2-5,8-9,12,14H,6-7,10-11H2,1H3,(H,23,25,27)(H2,24,26,28). The van der Waals surface area contributed by atoms with Crippen molar-refractivity contribution in [3.8, 4) is 0 Å². The topological polar surface area (TPSA) is 78.9 Å². The Hall–Kier alpha value is -2.86. The molecule has 144 valence electrons. The van der Waals surface area contributed by atoms with Crippen LogP contribution in [0.2, 0.25) is 5.02 Å². The highest BCUT2D eigenvalue weighted by Crippen LogP contribution is 2.39. The number of amides is 2. The number of hydrogen-bond acceptors (Lipinski definition) is 4. The van der Waals surface area contributed by atoms with E-state index in [9.17, 15) is 4.79 Å². The molecule has 1 aromatic heterocycles. The maximum atomic E-state index is 12.1. The minimum Gasteiger partial charge on any atom is -0.368 e. The number of rotatable bonds is 6. The number of aryl methyl sites for hydroxylation is 1. The molecule has 2 amide bonds. The van der Waals surface area contributed by atoms with E-state index in [0.717, 1.165) is 46.6 Å². The molecule has 1 saturated carbocycles. The molecule has 28 heavy (non-hydrogen) atoms. The molecule has 1 aliphatic carbocycles. The van der Waals surface area contributed by atoms with Crippen LogP contribution in [-0.4, -0.2) is 29.1 Å². The molecule has 1 heterocycles. The highest BCUT2D eigenvalue weighted by Gasteiger charge is 2.27. The largest absolute Gasteiger partial charge is 0.368 e. The second-order valence-electron chi connectivity index (χ2n) is 6.99. The van der Waals surface area contributed by atoms with Gasteiger partial charge in [-0.2, -0.15) is 0 Å². The van der Waals surface area contributed by atoms with Gasteiger partial charge in [0, 0.05) is 35.1 Å². The molecule has 6 nitrogen and oxygen atoms in total. The van der Waals surface area contributed by atoms with Gasteiger partial charge in [-0.3, -0.25) is 0 Å². The smallest absolute Gasteiger partial charge is 0.319 e. The third kappa shape index (κ3) is 4.34. The first-order chi connectivity index (χ1) is 13.6. The lowest BCUT2D eigenvalue weighted by Crippen LogP contribution is -2.33. The molecular weight excluding hydrogens is 374 g/mol. The van der Waals surface area contributed by atoms with E-state index in [-0.39, 0.29) is 6.03 Å². The fourth-order valence-electron chi connectivity index (χ4n) is 3.02. The van der Waals surface area contributed by atoms with Crippen LogP contribution in [-0.2, 0) is 0 Å². The van der Waals surface area contributed by atoms with Gasteiger partial charge in [-0.05, 0) is 49.6 Å². The molecule has 3 N–H and O–H groups in total. The number of carbonyl (C=O) groups is 1. The zero-order valence-corrected chi connectivity index (χ0v) is 16.4. The summed E-state index contributed by atoms with van der Waals surface area (Å²) >= 11 is 6.12. The van der Waals surface area contributed by atoms with E-state index < -0.39 is 0 Å². The van der Waals surface area contributed by atoms with Crippen LogP contribution in [0.4, 0.5) is 16.3 Å².